The SMILES string of the molecule is CC(C)=CC(=O)N1CCC(CC(=O)O)C1. The molecule has 1 rings (SSSR count). The van der Waals surface area contributed by atoms with Crippen molar-refractivity contribution in [3.05, 3.63) is 11.6 Å². The number of hydrogen-bond acceptors (Lipinski definition) is 2. The van der Waals surface area contributed by atoms with E-state index in [1.807, 2.05) is 13.8 Å². The summed E-state index contributed by atoms with van der Waals surface area (Å²) in [5.74, 6) is -0.656. The molecule has 0 radical (unpaired) electrons. The first-order valence-corrected chi connectivity index (χ1v) is 5.14. The largest absolute Gasteiger partial charge is 0.481 e. The fourth-order valence-corrected chi connectivity index (χ4v) is 1.78. The van der Waals surface area contributed by atoms with Crippen LogP contribution in [0.3, 0.4) is 0 Å². The number of aliphatic carboxylic acids is 1. The first-order chi connectivity index (χ1) is 6.99. The van der Waals surface area contributed by atoms with Crippen molar-refractivity contribution in [1.82, 2.24) is 4.90 Å². The second kappa shape index (κ2) is 4.96. The molecule has 0 spiro atoms. The van der Waals surface area contributed by atoms with E-state index in [0.29, 0.717) is 13.1 Å². The van der Waals surface area contributed by atoms with E-state index in [1.165, 1.54) is 0 Å². The number of carboxylic acids is 1. The van der Waals surface area contributed by atoms with Crippen molar-refractivity contribution in [2.75, 3.05) is 13.1 Å². The highest BCUT2D eigenvalue weighted by molar-refractivity contribution is 5.88. The van der Waals surface area contributed by atoms with E-state index in [2.05, 4.69) is 0 Å². The van der Waals surface area contributed by atoms with Gasteiger partial charge in [0, 0.05) is 25.6 Å². The number of carboxylic acid groups (broad SMARTS) is 1. The summed E-state index contributed by atoms with van der Waals surface area (Å²) in [5, 5.41) is 8.63. The zero-order valence-corrected chi connectivity index (χ0v) is 9.19. The molecule has 1 unspecified atom stereocenters. The molecule has 1 aliphatic rings. The zero-order chi connectivity index (χ0) is 11.4. The second-order valence-corrected chi connectivity index (χ2v) is 4.26. The molecule has 0 saturated carbocycles. The highest BCUT2D eigenvalue weighted by atomic mass is 16.4. The van der Waals surface area contributed by atoms with E-state index in [1.54, 1.807) is 11.0 Å². The minimum absolute atomic E-state index is 0.00267. The van der Waals surface area contributed by atoms with Gasteiger partial charge in [-0.25, -0.2) is 0 Å². The zero-order valence-electron chi connectivity index (χ0n) is 9.19. The maximum Gasteiger partial charge on any atom is 0.303 e. The molecule has 1 heterocycles. The number of likely N-dealkylation sites (tertiary alicyclic amines) is 1. The monoisotopic (exact) mass is 211 g/mol. The van der Waals surface area contributed by atoms with Gasteiger partial charge in [-0.05, 0) is 26.2 Å². The van der Waals surface area contributed by atoms with Gasteiger partial charge in [-0.1, -0.05) is 5.57 Å². The molecular weight excluding hydrogens is 194 g/mol. The molecule has 0 aromatic heterocycles. The Bertz CT molecular complexity index is 292. The summed E-state index contributed by atoms with van der Waals surface area (Å²) >= 11 is 0. The number of nitrogens with zero attached hydrogens (tertiary/aromatic N) is 1. The molecule has 84 valence electrons. The molecular formula is C11H17NO3. The summed E-state index contributed by atoms with van der Waals surface area (Å²) < 4.78 is 0. The van der Waals surface area contributed by atoms with Gasteiger partial charge in [0.25, 0.3) is 0 Å². The Labute approximate surface area is 89.6 Å². The Balaban J connectivity index is 2.46. The molecule has 4 heteroatoms. The lowest BCUT2D eigenvalue weighted by molar-refractivity contribution is -0.138. The molecule has 1 aliphatic heterocycles. The van der Waals surface area contributed by atoms with Gasteiger partial charge < -0.3 is 10.0 Å². The normalized spacial score (nSPS) is 20.1. The highest BCUT2D eigenvalue weighted by Gasteiger charge is 2.26. The van der Waals surface area contributed by atoms with Gasteiger partial charge in [-0.15, -0.1) is 0 Å². The molecule has 4 nitrogen and oxygen atoms in total. The third-order valence-electron chi connectivity index (χ3n) is 2.47. The molecule has 1 saturated heterocycles. The van der Waals surface area contributed by atoms with Crippen LogP contribution in [-0.2, 0) is 9.59 Å². The topological polar surface area (TPSA) is 57.6 Å². The fourth-order valence-electron chi connectivity index (χ4n) is 1.78. The number of hydrogen-bond donors (Lipinski definition) is 1. The van der Waals surface area contributed by atoms with Crippen molar-refractivity contribution >= 4 is 11.9 Å². The number of rotatable bonds is 3. The second-order valence-electron chi connectivity index (χ2n) is 4.26. The number of allylic oxidation sites excluding steroid dienone is 1. The first kappa shape index (κ1) is 11.8. The van der Waals surface area contributed by atoms with E-state index in [4.69, 9.17) is 5.11 Å². The lowest BCUT2D eigenvalue weighted by Crippen LogP contribution is -2.27. The molecule has 1 fully saturated rings. The van der Waals surface area contributed by atoms with Crippen LogP contribution in [0, 0.1) is 5.92 Å². The maximum absolute atomic E-state index is 11.6. The van der Waals surface area contributed by atoms with Crippen molar-refractivity contribution in [2.24, 2.45) is 5.92 Å². The Morgan fingerprint density at radius 1 is 1.47 bits per heavy atom. The average Bonchev–Trinajstić information content (AvgIpc) is 2.50. The van der Waals surface area contributed by atoms with Gasteiger partial charge in [0.2, 0.25) is 5.91 Å². The maximum atomic E-state index is 11.6. The fraction of sp³-hybridized carbons (Fsp3) is 0.636. The van der Waals surface area contributed by atoms with Crippen molar-refractivity contribution < 1.29 is 14.7 Å². The van der Waals surface area contributed by atoms with Gasteiger partial charge in [0.1, 0.15) is 0 Å². The third-order valence-corrected chi connectivity index (χ3v) is 2.47. The van der Waals surface area contributed by atoms with Crippen LogP contribution in [0.15, 0.2) is 11.6 Å². The van der Waals surface area contributed by atoms with Crippen molar-refractivity contribution in [1.29, 1.82) is 0 Å². The Kier molecular flexibility index (Phi) is 3.88. The smallest absolute Gasteiger partial charge is 0.303 e. The molecule has 0 aromatic rings. The van der Waals surface area contributed by atoms with E-state index in [0.717, 1.165) is 12.0 Å². The first-order valence-electron chi connectivity index (χ1n) is 5.14. The van der Waals surface area contributed by atoms with Crippen molar-refractivity contribution in [2.45, 2.75) is 26.7 Å². The van der Waals surface area contributed by atoms with E-state index < -0.39 is 5.97 Å². The van der Waals surface area contributed by atoms with Gasteiger partial charge in [0.15, 0.2) is 0 Å². The minimum Gasteiger partial charge on any atom is -0.481 e. The quantitative estimate of drug-likeness (QED) is 0.715. The van der Waals surface area contributed by atoms with Crippen LogP contribution < -0.4 is 0 Å². The van der Waals surface area contributed by atoms with Crippen LogP contribution in [-0.4, -0.2) is 35.0 Å². The van der Waals surface area contributed by atoms with E-state index in [9.17, 15) is 9.59 Å². The number of carbonyl (C=O) groups excluding carboxylic acids is 1. The van der Waals surface area contributed by atoms with Crippen LogP contribution in [0.1, 0.15) is 26.7 Å². The van der Waals surface area contributed by atoms with Crippen LogP contribution in [0.5, 0.6) is 0 Å². The van der Waals surface area contributed by atoms with Gasteiger partial charge in [-0.3, -0.25) is 9.59 Å². The van der Waals surface area contributed by atoms with E-state index in [-0.39, 0.29) is 18.2 Å². The number of amides is 1. The summed E-state index contributed by atoms with van der Waals surface area (Å²) in [6, 6.07) is 0. The summed E-state index contributed by atoms with van der Waals surface area (Å²) in [6.07, 6.45) is 2.57. The summed E-state index contributed by atoms with van der Waals surface area (Å²) in [5.41, 5.74) is 0.974. The van der Waals surface area contributed by atoms with Crippen LogP contribution in [0.4, 0.5) is 0 Å². The molecule has 0 bridgehead atoms. The minimum atomic E-state index is -0.781. The lowest BCUT2D eigenvalue weighted by Gasteiger charge is -2.13. The molecule has 0 aromatic carbocycles. The standard InChI is InChI=1S/C11H17NO3/c1-8(2)5-10(13)12-4-3-9(7-12)6-11(14)15/h5,9H,3-4,6-7H2,1-2H3,(H,14,15). The molecule has 0 aliphatic carbocycles. The Morgan fingerprint density at radius 3 is 2.67 bits per heavy atom. The van der Waals surface area contributed by atoms with Gasteiger partial charge in [0.05, 0.1) is 0 Å². The van der Waals surface area contributed by atoms with Crippen LogP contribution >= 0.6 is 0 Å². The summed E-state index contributed by atoms with van der Waals surface area (Å²) in [6.45, 7) is 5.01. The molecule has 15 heavy (non-hydrogen) atoms. The molecule has 1 amide bonds. The van der Waals surface area contributed by atoms with Gasteiger partial charge in [-0.2, -0.15) is 0 Å². The lowest BCUT2D eigenvalue weighted by atomic mass is 10.1. The van der Waals surface area contributed by atoms with E-state index >= 15 is 0 Å². The van der Waals surface area contributed by atoms with Crippen molar-refractivity contribution in [3.8, 4) is 0 Å². The van der Waals surface area contributed by atoms with Crippen molar-refractivity contribution in [3.63, 3.8) is 0 Å². The summed E-state index contributed by atoms with van der Waals surface area (Å²) in [4.78, 5) is 23.8. The molecule has 1 atom stereocenters. The van der Waals surface area contributed by atoms with Crippen LogP contribution in [0.25, 0.3) is 0 Å². The molecule has 1 N–H and O–H groups in total. The Hall–Kier alpha value is -1.32. The number of carbonyl (C=O) groups is 2. The highest BCUT2D eigenvalue weighted by Crippen LogP contribution is 2.19. The Morgan fingerprint density at radius 2 is 2.13 bits per heavy atom. The van der Waals surface area contributed by atoms with Crippen LogP contribution in [0.2, 0.25) is 0 Å². The van der Waals surface area contributed by atoms with Gasteiger partial charge >= 0.3 is 5.97 Å². The summed E-state index contributed by atoms with van der Waals surface area (Å²) in [7, 11) is 0. The average molecular weight is 211 g/mol. The third kappa shape index (κ3) is 3.73. The predicted molar refractivity (Wildman–Crippen MR) is 56.4 cm³/mol. The predicted octanol–water partition coefficient (Wildman–Crippen LogP) is 1.28.